The SMILES string of the molecule is COCCn1c[nH+]c2c(c1=O)c1nc3ccccc3nc1n2/N=C\c1ccc(C)cc1. The van der Waals surface area contributed by atoms with E-state index in [0.29, 0.717) is 35.3 Å². The van der Waals surface area contributed by atoms with Crippen LogP contribution in [0.15, 0.2) is 64.8 Å². The zero-order valence-electron chi connectivity index (χ0n) is 17.2. The number of aromatic amines is 1. The molecule has 8 heteroatoms. The molecule has 0 saturated heterocycles. The second kappa shape index (κ2) is 7.73. The van der Waals surface area contributed by atoms with Crippen molar-refractivity contribution in [2.75, 3.05) is 13.7 Å². The Labute approximate surface area is 177 Å². The minimum Gasteiger partial charge on any atom is -0.381 e. The topological polar surface area (TPSA) is 88.4 Å². The fourth-order valence-corrected chi connectivity index (χ4v) is 3.55. The summed E-state index contributed by atoms with van der Waals surface area (Å²) < 4.78 is 8.35. The normalized spacial score (nSPS) is 11.9. The molecule has 3 aromatic heterocycles. The molecule has 0 bridgehead atoms. The fourth-order valence-electron chi connectivity index (χ4n) is 3.55. The highest BCUT2D eigenvalue weighted by molar-refractivity contribution is 6.03. The van der Waals surface area contributed by atoms with Gasteiger partial charge in [0.1, 0.15) is 5.52 Å². The molecule has 3 heterocycles. The fraction of sp³-hybridized carbons (Fsp3) is 0.174. The van der Waals surface area contributed by atoms with Crippen molar-refractivity contribution in [2.24, 2.45) is 5.10 Å². The highest BCUT2D eigenvalue weighted by Gasteiger charge is 2.24. The summed E-state index contributed by atoms with van der Waals surface area (Å²) in [4.78, 5) is 26.0. The molecule has 0 saturated carbocycles. The van der Waals surface area contributed by atoms with Crippen molar-refractivity contribution in [3.05, 3.63) is 76.3 Å². The molecule has 31 heavy (non-hydrogen) atoms. The molecule has 1 N–H and O–H groups in total. The van der Waals surface area contributed by atoms with Gasteiger partial charge in [0.25, 0.3) is 5.65 Å². The van der Waals surface area contributed by atoms with Crippen LogP contribution >= 0.6 is 0 Å². The van der Waals surface area contributed by atoms with Gasteiger partial charge in [0, 0.05) is 7.11 Å². The lowest BCUT2D eigenvalue weighted by Crippen LogP contribution is -2.28. The number of methoxy groups -OCH3 is 1. The Bertz CT molecular complexity index is 1500. The first-order valence-corrected chi connectivity index (χ1v) is 9.97. The largest absolute Gasteiger partial charge is 0.381 e. The van der Waals surface area contributed by atoms with Gasteiger partial charge >= 0.3 is 5.56 Å². The molecule has 5 aromatic rings. The molecule has 0 aliphatic rings. The van der Waals surface area contributed by atoms with Crippen LogP contribution in [0.2, 0.25) is 0 Å². The third-order valence-electron chi connectivity index (χ3n) is 5.21. The lowest BCUT2D eigenvalue weighted by Gasteiger charge is -1.99. The van der Waals surface area contributed by atoms with Gasteiger partial charge in [-0.1, -0.05) is 42.0 Å². The smallest absolute Gasteiger partial charge is 0.322 e. The number of aromatic nitrogens is 5. The molecule has 2 aromatic carbocycles. The highest BCUT2D eigenvalue weighted by Crippen LogP contribution is 2.23. The Hall–Kier alpha value is -3.91. The molecule has 0 atom stereocenters. The minimum atomic E-state index is -0.162. The number of para-hydroxylation sites is 2. The number of H-pyrrole nitrogens is 1. The van der Waals surface area contributed by atoms with Crippen LogP contribution < -0.4 is 10.5 Å². The van der Waals surface area contributed by atoms with Gasteiger partial charge in [-0.3, -0.25) is 0 Å². The summed E-state index contributed by atoms with van der Waals surface area (Å²) in [6, 6.07) is 15.6. The van der Waals surface area contributed by atoms with Gasteiger partial charge < -0.3 is 4.74 Å². The molecule has 0 unspecified atom stereocenters. The van der Waals surface area contributed by atoms with Crippen molar-refractivity contribution >= 4 is 39.4 Å². The maximum absolute atomic E-state index is 13.3. The quantitative estimate of drug-likeness (QED) is 0.414. The summed E-state index contributed by atoms with van der Waals surface area (Å²) in [7, 11) is 1.61. The van der Waals surface area contributed by atoms with E-state index in [9.17, 15) is 4.79 Å². The van der Waals surface area contributed by atoms with Crippen molar-refractivity contribution in [1.82, 2.24) is 19.2 Å². The lowest BCUT2D eigenvalue weighted by atomic mass is 10.2. The van der Waals surface area contributed by atoms with Gasteiger partial charge in [-0.2, -0.15) is 0 Å². The predicted molar refractivity (Wildman–Crippen MR) is 119 cm³/mol. The van der Waals surface area contributed by atoms with Gasteiger partial charge in [0.2, 0.25) is 5.65 Å². The molecule has 154 valence electrons. The van der Waals surface area contributed by atoms with Crippen molar-refractivity contribution in [2.45, 2.75) is 13.5 Å². The Morgan fingerprint density at radius 2 is 1.84 bits per heavy atom. The maximum atomic E-state index is 13.3. The van der Waals surface area contributed by atoms with Crippen molar-refractivity contribution in [1.29, 1.82) is 0 Å². The van der Waals surface area contributed by atoms with Crippen LogP contribution in [0, 0.1) is 6.92 Å². The van der Waals surface area contributed by atoms with E-state index in [1.54, 1.807) is 28.9 Å². The third-order valence-corrected chi connectivity index (χ3v) is 5.21. The van der Waals surface area contributed by atoms with E-state index in [-0.39, 0.29) is 5.56 Å². The average molecular weight is 413 g/mol. The average Bonchev–Trinajstić information content (AvgIpc) is 3.10. The van der Waals surface area contributed by atoms with Crippen molar-refractivity contribution in [3.63, 3.8) is 0 Å². The Morgan fingerprint density at radius 1 is 1.10 bits per heavy atom. The molecular weight excluding hydrogens is 392 g/mol. The number of ether oxygens (including phenoxy) is 1. The summed E-state index contributed by atoms with van der Waals surface area (Å²) in [6.45, 7) is 2.90. The van der Waals surface area contributed by atoms with Crippen LogP contribution in [0.5, 0.6) is 0 Å². The monoisotopic (exact) mass is 413 g/mol. The van der Waals surface area contributed by atoms with Gasteiger partial charge in [0.05, 0.1) is 30.4 Å². The van der Waals surface area contributed by atoms with Gasteiger partial charge in [0.15, 0.2) is 11.7 Å². The number of benzene rings is 2. The zero-order chi connectivity index (χ0) is 21.4. The van der Waals surface area contributed by atoms with Crippen LogP contribution in [0.3, 0.4) is 0 Å². The minimum absolute atomic E-state index is 0.162. The van der Waals surface area contributed by atoms with E-state index >= 15 is 0 Å². The van der Waals surface area contributed by atoms with Crippen LogP contribution in [0.4, 0.5) is 0 Å². The van der Waals surface area contributed by atoms with Gasteiger partial charge in [-0.15, -0.1) is 9.78 Å². The number of hydrogen-bond acceptors (Lipinski definition) is 5. The van der Waals surface area contributed by atoms with Crippen LogP contribution in [0.1, 0.15) is 11.1 Å². The lowest BCUT2D eigenvalue weighted by molar-refractivity contribution is -0.357. The first kappa shape index (κ1) is 19.1. The van der Waals surface area contributed by atoms with E-state index < -0.39 is 0 Å². The number of hydrogen-bond donors (Lipinski definition) is 0. The standard InChI is InChI=1S/C23H20N6O2/c1-15-7-9-16(10-8-15)13-25-29-21-19(23(30)28(14-24-21)11-12-31-2)20-22(29)27-18-6-4-3-5-17(18)26-20/h3-10,13-14H,11-12H2,1-2H3/p+1/b25-13-. The van der Waals surface area contributed by atoms with E-state index in [2.05, 4.69) is 10.1 Å². The van der Waals surface area contributed by atoms with Crippen molar-refractivity contribution in [3.8, 4) is 0 Å². The number of nitrogens with zero attached hydrogens (tertiary/aromatic N) is 5. The van der Waals surface area contributed by atoms with Crippen LogP contribution in [0.25, 0.3) is 33.2 Å². The molecule has 0 aliphatic carbocycles. The summed E-state index contributed by atoms with van der Waals surface area (Å²) >= 11 is 0. The number of aryl methyl sites for hydroxylation is 1. The Balaban J connectivity index is 1.79. The summed E-state index contributed by atoms with van der Waals surface area (Å²) in [6.07, 6.45) is 3.39. The predicted octanol–water partition coefficient (Wildman–Crippen LogP) is 2.55. The molecule has 8 nitrogen and oxygen atoms in total. The number of nitrogens with one attached hydrogen (secondary N) is 1. The van der Waals surface area contributed by atoms with Crippen LogP contribution in [-0.2, 0) is 11.3 Å². The summed E-state index contributed by atoms with van der Waals surface area (Å²) in [5.41, 5.74) is 5.02. The number of rotatable bonds is 5. The Morgan fingerprint density at radius 3 is 2.58 bits per heavy atom. The van der Waals surface area contributed by atoms with E-state index in [0.717, 1.165) is 16.6 Å². The van der Waals surface area contributed by atoms with E-state index in [1.165, 1.54) is 5.56 Å². The molecular formula is C23H21N6O2+. The molecule has 5 rings (SSSR count). The Kier molecular flexibility index (Phi) is 4.76. The molecule has 0 spiro atoms. The number of fused-ring (bicyclic) bond motifs is 4. The maximum Gasteiger partial charge on any atom is 0.322 e. The van der Waals surface area contributed by atoms with E-state index in [1.807, 2.05) is 55.5 Å². The summed E-state index contributed by atoms with van der Waals surface area (Å²) in [5, 5.41) is 5.10. The molecule has 0 amide bonds. The first-order valence-electron chi connectivity index (χ1n) is 9.97. The molecule has 0 radical (unpaired) electrons. The molecule has 0 aliphatic heterocycles. The van der Waals surface area contributed by atoms with Crippen LogP contribution in [-0.4, -0.2) is 39.1 Å². The van der Waals surface area contributed by atoms with Gasteiger partial charge in [-0.05, 0) is 24.6 Å². The highest BCUT2D eigenvalue weighted by atomic mass is 16.5. The summed E-state index contributed by atoms with van der Waals surface area (Å²) in [5.74, 6) is 0. The first-order chi connectivity index (χ1) is 15.2. The second-order valence-electron chi connectivity index (χ2n) is 7.34. The van der Waals surface area contributed by atoms with Gasteiger partial charge in [-0.25, -0.2) is 24.3 Å². The van der Waals surface area contributed by atoms with E-state index in [4.69, 9.17) is 14.7 Å². The third kappa shape index (κ3) is 3.36. The molecule has 0 fully saturated rings. The van der Waals surface area contributed by atoms with Crippen molar-refractivity contribution < 1.29 is 9.72 Å². The second-order valence-corrected chi connectivity index (χ2v) is 7.34. The zero-order valence-corrected chi connectivity index (χ0v) is 17.2.